The summed E-state index contributed by atoms with van der Waals surface area (Å²) in [5, 5.41) is 3.78. The Balaban J connectivity index is 2.02. The number of nitrogens with one attached hydrogen (secondary N) is 1. The predicted molar refractivity (Wildman–Crippen MR) is 132 cm³/mol. The lowest BCUT2D eigenvalue weighted by Crippen LogP contribution is -2.28. The minimum absolute atomic E-state index is 0.108. The maximum atomic E-state index is 13.1. The van der Waals surface area contributed by atoms with Crippen LogP contribution in [0.25, 0.3) is 10.9 Å². The quantitative estimate of drug-likeness (QED) is 0.502. The summed E-state index contributed by atoms with van der Waals surface area (Å²) in [6.45, 7) is 10.8. The number of amides is 1. The molecule has 180 valence electrons. The maximum Gasteiger partial charge on any atom is 0.348 e. The number of hydrogen-bond acceptors (Lipinski definition) is 7. The van der Waals surface area contributed by atoms with E-state index < -0.39 is 17.8 Å². The first kappa shape index (κ1) is 25.2. The molecule has 0 aliphatic carbocycles. The summed E-state index contributed by atoms with van der Waals surface area (Å²) in [4.78, 5) is 51.0. The van der Waals surface area contributed by atoms with E-state index in [0.29, 0.717) is 11.1 Å². The molecule has 0 radical (unpaired) electrons. The summed E-state index contributed by atoms with van der Waals surface area (Å²) >= 11 is 0.948. The van der Waals surface area contributed by atoms with Gasteiger partial charge in [0.15, 0.2) is 0 Å². The van der Waals surface area contributed by atoms with Crippen molar-refractivity contribution in [3.8, 4) is 0 Å². The lowest BCUT2D eigenvalue weighted by molar-refractivity contribution is -0.116. The van der Waals surface area contributed by atoms with Crippen LogP contribution in [0.1, 0.15) is 56.1 Å². The number of aryl methyl sites for hydroxylation is 3. The van der Waals surface area contributed by atoms with Gasteiger partial charge in [-0.3, -0.25) is 14.2 Å². The Morgan fingerprint density at radius 2 is 1.59 bits per heavy atom. The standard InChI is InChI=1S/C25H28N2O6S/c1-7-32-24(30)20-16(6)22(25(31)33-8-2)34-23(20)26-18(28)12-27-19(29)11-14(4)17-10-13(3)9-15(5)21(17)27/h9-11H,7-8,12H2,1-6H3,(H,26,28). The van der Waals surface area contributed by atoms with Gasteiger partial charge in [0.2, 0.25) is 5.91 Å². The Labute approximate surface area is 201 Å². The fraction of sp³-hybridized carbons (Fsp3) is 0.360. The average molecular weight is 485 g/mol. The normalized spacial score (nSPS) is 10.9. The van der Waals surface area contributed by atoms with Crippen LogP contribution >= 0.6 is 11.3 Å². The lowest BCUT2D eigenvalue weighted by Gasteiger charge is -2.15. The number of aromatic nitrogens is 1. The molecule has 0 saturated heterocycles. The maximum absolute atomic E-state index is 13.1. The number of pyridine rings is 1. The Morgan fingerprint density at radius 3 is 2.24 bits per heavy atom. The molecule has 0 spiro atoms. The van der Waals surface area contributed by atoms with Gasteiger partial charge >= 0.3 is 11.9 Å². The number of esters is 2. The fourth-order valence-corrected chi connectivity index (χ4v) is 5.08. The molecular weight excluding hydrogens is 456 g/mol. The number of fused-ring (bicyclic) bond motifs is 1. The number of benzene rings is 1. The third-order valence-corrected chi connectivity index (χ3v) is 6.57. The minimum atomic E-state index is -0.647. The van der Waals surface area contributed by atoms with E-state index in [1.807, 2.05) is 32.9 Å². The van der Waals surface area contributed by atoms with Gasteiger partial charge in [0.05, 0.1) is 24.3 Å². The SMILES string of the molecule is CCOC(=O)c1sc(NC(=O)Cn2c(=O)cc(C)c3cc(C)cc(C)c32)c(C(=O)OCC)c1C. The molecule has 1 amide bonds. The molecule has 9 heteroatoms. The zero-order valence-electron chi connectivity index (χ0n) is 20.2. The monoisotopic (exact) mass is 484 g/mol. The molecule has 1 aromatic carbocycles. The molecular formula is C25H28N2O6S. The molecule has 0 atom stereocenters. The number of nitrogens with zero attached hydrogens (tertiary/aromatic N) is 1. The van der Waals surface area contributed by atoms with E-state index in [2.05, 4.69) is 5.32 Å². The summed E-state index contributed by atoms with van der Waals surface area (Å²) < 4.78 is 11.6. The first-order valence-electron chi connectivity index (χ1n) is 11.0. The molecule has 0 unspecified atom stereocenters. The highest BCUT2D eigenvalue weighted by Crippen LogP contribution is 2.34. The predicted octanol–water partition coefficient (Wildman–Crippen LogP) is 4.29. The molecule has 0 fully saturated rings. The first-order valence-corrected chi connectivity index (χ1v) is 11.8. The van der Waals surface area contributed by atoms with Crippen LogP contribution in [0.2, 0.25) is 0 Å². The molecule has 0 aliphatic heterocycles. The zero-order chi connectivity index (χ0) is 25.2. The zero-order valence-corrected chi connectivity index (χ0v) is 21.0. The number of ether oxygens (including phenoxy) is 2. The molecule has 3 rings (SSSR count). The van der Waals surface area contributed by atoms with Gasteiger partial charge in [-0.1, -0.05) is 11.6 Å². The second-order valence-electron chi connectivity index (χ2n) is 7.98. The summed E-state index contributed by atoms with van der Waals surface area (Å²) in [6.07, 6.45) is 0. The van der Waals surface area contributed by atoms with Gasteiger partial charge in [-0.25, -0.2) is 9.59 Å². The second-order valence-corrected chi connectivity index (χ2v) is 9.00. The van der Waals surface area contributed by atoms with Gasteiger partial charge in [0.25, 0.3) is 5.56 Å². The molecule has 2 aromatic heterocycles. The van der Waals surface area contributed by atoms with Crippen LogP contribution in [0.15, 0.2) is 23.0 Å². The minimum Gasteiger partial charge on any atom is -0.462 e. The Bertz CT molecular complexity index is 1350. The van der Waals surface area contributed by atoms with Crippen LogP contribution in [0.5, 0.6) is 0 Å². The van der Waals surface area contributed by atoms with E-state index in [0.717, 1.165) is 33.4 Å². The Morgan fingerprint density at radius 1 is 0.941 bits per heavy atom. The van der Waals surface area contributed by atoms with Crippen molar-refractivity contribution < 1.29 is 23.9 Å². The average Bonchev–Trinajstić information content (AvgIpc) is 3.07. The van der Waals surface area contributed by atoms with Crippen LogP contribution in [-0.2, 0) is 20.8 Å². The van der Waals surface area contributed by atoms with E-state index in [1.54, 1.807) is 20.8 Å². The summed E-state index contributed by atoms with van der Waals surface area (Å²) in [6, 6.07) is 5.45. The fourth-order valence-electron chi connectivity index (χ4n) is 3.98. The van der Waals surface area contributed by atoms with Crippen molar-refractivity contribution in [2.45, 2.75) is 48.1 Å². The number of thiophene rings is 1. The Kier molecular flexibility index (Phi) is 7.56. The molecule has 2 heterocycles. The molecule has 34 heavy (non-hydrogen) atoms. The van der Waals surface area contributed by atoms with Gasteiger partial charge in [0, 0.05) is 11.5 Å². The van der Waals surface area contributed by atoms with Gasteiger partial charge in [-0.15, -0.1) is 11.3 Å². The van der Waals surface area contributed by atoms with Gasteiger partial charge in [0.1, 0.15) is 16.4 Å². The summed E-state index contributed by atoms with van der Waals surface area (Å²) in [7, 11) is 0. The molecule has 3 aromatic rings. The van der Waals surface area contributed by atoms with E-state index in [9.17, 15) is 19.2 Å². The number of anilines is 1. The van der Waals surface area contributed by atoms with Crippen LogP contribution in [0.4, 0.5) is 5.00 Å². The molecule has 1 N–H and O–H groups in total. The number of carbonyl (C=O) groups excluding carboxylic acids is 3. The Hall–Kier alpha value is -3.46. The molecule has 8 nitrogen and oxygen atoms in total. The molecule has 0 saturated carbocycles. The van der Waals surface area contributed by atoms with E-state index in [1.165, 1.54) is 10.6 Å². The van der Waals surface area contributed by atoms with Gasteiger partial charge in [-0.2, -0.15) is 0 Å². The highest BCUT2D eigenvalue weighted by atomic mass is 32.1. The molecule has 0 aliphatic rings. The lowest BCUT2D eigenvalue weighted by atomic mass is 10.0. The number of carbonyl (C=O) groups is 3. The van der Waals surface area contributed by atoms with E-state index >= 15 is 0 Å². The van der Waals surface area contributed by atoms with Crippen LogP contribution < -0.4 is 10.9 Å². The van der Waals surface area contributed by atoms with Crippen molar-refractivity contribution in [1.29, 1.82) is 0 Å². The third-order valence-electron chi connectivity index (χ3n) is 5.39. The summed E-state index contributed by atoms with van der Waals surface area (Å²) in [5.41, 5.74) is 3.65. The van der Waals surface area contributed by atoms with Crippen LogP contribution in [-0.4, -0.2) is 35.6 Å². The topological polar surface area (TPSA) is 104 Å². The number of hydrogen-bond donors (Lipinski definition) is 1. The van der Waals surface area contributed by atoms with Gasteiger partial charge in [-0.05, 0) is 64.3 Å². The first-order chi connectivity index (χ1) is 16.1. The van der Waals surface area contributed by atoms with Crippen molar-refractivity contribution in [1.82, 2.24) is 4.57 Å². The van der Waals surface area contributed by atoms with E-state index in [4.69, 9.17) is 9.47 Å². The highest BCUT2D eigenvalue weighted by Gasteiger charge is 2.27. The number of rotatable bonds is 7. The highest BCUT2D eigenvalue weighted by molar-refractivity contribution is 7.18. The van der Waals surface area contributed by atoms with Crippen molar-refractivity contribution in [3.63, 3.8) is 0 Å². The smallest absolute Gasteiger partial charge is 0.348 e. The van der Waals surface area contributed by atoms with Crippen LogP contribution in [0, 0.1) is 27.7 Å². The molecule has 0 bridgehead atoms. The van der Waals surface area contributed by atoms with Crippen molar-refractivity contribution in [2.75, 3.05) is 18.5 Å². The summed E-state index contributed by atoms with van der Waals surface area (Å²) in [5.74, 6) is -1.73. The van der Waals surface area contributed by atoms with Crippen molar-refractivity contribution in [3.05, 3.63) is 61.2 Å². The largest absolute Gasteiger partial charge is 0.462 e. The second kappa shape index (κ2) is 10.2. The van der Waals surface area contributed by atoms with E-state index in [-0.39, 0.29) is 40.8 Å². The van der Waals surface area contributed by atoms with Crippen molar-refractivity contribution in [2.24, 2.45) is 0 Å². The third kappa shape index (κ3) is 4.89. The van der Waals surface area contributed by atoms with Crippen molar-refractivity contribution >= 4 is 45.1 Å². The van der Waals surface area contributed by atoms with Crippen LogP contribution in [0.3, 0.4) is 0 Å². The van der Waals surface area contributed by atoms with Gasteiger partial charge < -0.3 is 14.8 Å².